The Bertz CT molecular complexity index is 454. The van der Waals surface area contributed by atoms with Gasteiger partial charge in [-0.15, -0.1) is 17.0 Å². The molecule has 0 spiro atoms. The van der Waals surface area contributed by atoms with E-state index in [0.29, 0.717) is 0 Å². The van der Waals surface area contributed by atoms with E-state index in [9.17, 15) is 10.2 Å². The summed E-state index contributed by atoms with van der Waals surface area (Å²) in [5.41, 5.74) is 2.10. The third kappa shape index (κ3) is 2.85. The molecule has 0 bridgehead atoms. The summed E-state index contributed by atoms with van der Waals surface area (Å²) in [7, 11) is 0. The van der Waals surface area contributed by atoms with Crippen LogP contribution in [0.4, 0.5) is 0 Å². The Morgan fingerprint density at radius 1 is 0.667 bits per heavy atom. The van der Waals surface area contributed by atoms with Crippen molar-refractivity contribution < 1.29 is 10.2 Å². The topological polar surface area (TPSA) is 40.5 Å². The maximum absolute atomic E-state index is 9.30. The van der Waals surface area contributed by atoms with Crippen LogP contribution in [-0.4, -0.2) is 10.2 Å². The van der Waals surface area contributed by atoms with Crippen LogP contribution < -0.4 is 0 Å². The van der Waals surface area contributed by atoms with Crippen LogP contribution in [0.25, 0.3) is 0 Å². The van der Waals surface area contributed by atoms with Gasteiger partial charge >= 0.3 is 0 Å². The Labute approximate surface area is 118 Å². The summed E-state index contributed by atoms with van der Waals surface area (Å²) < 4.78 is 0. The highest BCUT2D eigenvalue weighted by Gasteiger charge is 2.22. The first-order valence-electron chi connectivity index (χ1n) is 5.59. The summed E-state index contributed by atoms with van der Waals surface area (Å²) in [6.45, 7) is 4.23. The smallest absolute Gasteiger partial charge is 0.115 e. The average Bonchev–Trinajstić information content (AvgIpc) is 2.30. The fourth-order valence-electron chi connectivity index (χ4n) is 1.92. The summed E-state index contributed by atoms with van der Waals surface area (Å²) in [5, 5.41) is 18.6. The van der Waals surface area contributed by atoms with Crippen LogP contribution in [0.3, 0.4) is 0 Å². The van der Waals surface area contributed by atoms with Crippen LogP contribution in [0.5, 0.6) is 11.5 Å². The summed E-state index contributed by atoms with van der Waals surface area (Å²) in [4.78, 5) is 0. The second-order valence-electron chi connectivity index (χ2n) is 4.72. The van der Waals surface area contributed by atoms with Gasteiger partial charge in [0.2, 0.25) is 0 Å². The van der Waals surface area contributed by atoms with E-state index in [1.165, 1.54) is 0 Å². The first kappa shape index (κ1) is 14.6. The molecule has 2 rings (SSSR count). The third-order valence-corrected chi connectivity index (χ3v) is 3.18. The van der Waals surface area contributed by atoms with Gasteiger partial charge in [-0.25, -0.2) is 0 Å². The van der Waals surface area contributed by atoms with E-state index in [0.717, 1.165) is 11.1 Å². The molecule has 0 unspecified atom stereocenters. The minimum atomic E-state index is -0.151. The zero-order chi connectivity index (χ0) is 12.5. The van der Waals surface area contributed by atoms with Crippen molar-refractivity contribution >= 4 is 17.0 Å². The van der Waals surface area contributed by atoms with E-state index in [2.05, 4.69) is 13.8 Å². The van der Waals surface area contributed by atoms with Crippen molar-refractivity contribution in [3.05, 3.63) is 59.7 Å². The molecule has 2 aromatic rings. The molecule has 2 aromatic carbocycles. The number of hydrogen-bond acceptors (Lipinski definition) is 2. The van der Waals surface area contributed by atoms with Gasteiger partial charge in [-0.1, -0.05) is 38.1 Å². The number of aromatic hydroxyl groups is 2. The molecular formula is C15H17BrO2. The molecule has 0 amide bonds. The van der Waals surface area contributed by atoms with Crippen molar-refractivity contribution in [3.63, 3.8) is 0 Å². The average molecular weight is 309 g/mol. The van der Waals surface area contributed by atoms with Crippen LogP contribution in [0.1, 0.15) is 25.0 Å². The molecule has 0 heterocycles. The minimum absolute atomic E-state index is 0. The molecule has 96 valence electrons. The molecule has 0 fully saturated rings. The molecule has 2 nitrogen and oxygen atoms in total. The van der Waals surface area contributed by atoms with Gasteiger partial charge in [0.05, 0.1) is 0 Å². The molecule has 0 saturated carbocycles. The maximum atomic E-state index is 9.30. The predicted molar refractivity (Wildman–Crippen MR) is 78.7 cm³/mol. The van der Waals surface area contributed by atoms with Gasteiger partial charge < -0.3 is 10.2 Å². The molecule has 18 heavy (non-hydrogen) atoms. The second kappa shape index (κ2) is 5.44. The predicted octanol–water partition coefficient (Wildman–Crippen LogP) is 4.00. The van der Waals surface area contributed by atoms with E-state index < -0.39 is 0 Å². The molecule has 0 aliphatic rings. The van der Waals surface area contributed by atoms with Crippen LogP contribution in [0, 0.1) is 0 Å². The fourth-order valence-corrected chi connectivity index (χ4v) is 1.92. The van der Waals surface area contributed by atoms with Gasteiger partial charge in [-0.05, 0) is 35.4 Å². The third-order valence-electron chi connectivity index (χ3n) is 3.18. The quantitative estimate of drug-likeness (QED) is 0.880. The lowest BCUT2D eigenvalue weighted by molar-refractivity contribution is 0.474. The monoisotopic (exact) mass is 308 g/mol. The highest BCUT2D eigenvalue weighted by molar-refractivity contribution is 8.93. The molecule has 0 radical (unpaired) electrons. The van der Waals surface area contributed by atoms with Crippen molar-refractivity contribution in [2.75, 3.05) is 0 Å². The van der Waals surface area contributed by atoms with Gasteiger partial charge in [0.25, 0.3) is 0 Å². The lowest BCUT2D eigenvalue weighted by atomic mass is 9.78. The largest absolute Gasteiger partial charge is 0.508 e. The van der Waals surface area contributed by atoms with E-state index in [-0.39, 0.29) is 33.9 Å². The lowest BCUT2D eigenvalue weighted by Gasteiger charge is -2.26. The van der Waals surface area contributed by atoms with Crippen molar-refractivity contribution in [1.29, 1.82) is 0 Å². The summed E-state index contributed by atoms with van der Waals surface area (Å²) in [6.07, 6.45) is 0. The van der Waals surface area contributed by atoms with E-state index in [1.807, 2.05) is 24.3 Å². The van der Waals surface area contributed by atoms with Gasteiger partial charge in [-0.2, -0.15) is 0 Å². The first-order chi connectivity index (χ1) is 8.00. The highest BCUT2D eigenvalue weighted by Crippen LogP contribution is 2.32. The molecular weight excluding hydrogens is 292 g/mol. The maximum Gasteiger partial charge on any atom is 0.115 e. The summed E-state index contributed by atoms with van der Waals surface area (Å²) >= 11 is 0. The first-order valence-corrected chi connectivity index (χ1v) is 5.59. The molecule has 0 atom stereocenters. The molecule has 0 saturated heterocycles. The fraction of sp³-hybridized carbons (Fsp3) is 0.200. The van der Waals surface area contributed by atoms with E-state index in [1.54, 1.807) is 24.3 Å². The molecule has 0 aliphatic heterocycles. The SMILES string of the molecule is Br.CC(C)(c1ccc(O)cc1)c1ccc(O)cc1. The Hall–Kier alpha value is -1.48. The Balaban J connectivity index is 0.00000162. The van der Waals surface area contributed by atoms with Crippen LogP contribution >= 0.6 is 17.0 Å². The van der Waals surface area contributed by atoms with Gasteiger partial charge in [0, 0.05) is 5.41 Å². The van der Waals surface area contributed by atoms with Crippen molar-refractivity contribution in [2.24, 2.45) is 0 Å². The molecule has 3 heteroatoms. The van der Waals surface area contributed by atoms with Gasteiger partial charge in [0.15, 0.2) is 0 Å². The number of halogens is 1. The Kier molecular flexibility index (Phi) is 4.41. The Morgan fingerprint density at radius 2 is 0.944 bits per heavy atom. The summed E-state index contributed by atoms with van der Waals surface area (Å²) in [5.74, 6) is 0.547. The normalized spacial score (nSPS) is 10.8. The van der Waals surface area contributed by atoms with Crippen molar-refractivity contribution in [1.82, 2.24) is 0 Å². The van der Waals surface area contributed by atoms with Gasteiger partial charge in [-0.3, -0.25) is 0 Å². The van der Waals surface area contributed by atoms with Crippen LogP contribution in [-0.2, 0) is 5.41 Å². The number of hydrogen-bond donors (Lipinski definition) is 2. The Morgan fingerprint density at radius 3 is 1.22 bits per heavy atom. The van der Waals surface area contributed by atoms with Gasteiger partial charge in [0.1, 0.15) is 11.5 Å². The zero-order valence-corrected chi connectivity index (χ0v) is 12.1. The van der Waals surface area contributed by atoms with E-state index in [4.69, 9.17) is 0 Å². The summed E-state index contributed by atoms with van der Waals surface area (Å²) in [6, 6.07) is 14.4. The number of phenols is 2. The van der Waals surface area contributed by atoms with Crippen LogP contribution in [0.15, 0.2) is 48.5 Å². The second-order valence-corrected chi connectivity index (χ2v) is 4.72. The molecule has 0 aliphatic carbocycles. The lowest BCUT2D eigenvalue weighted by Crippen LogP contribution is -2.18. The minimum Gasteiger partial charge on any atom is -0.508 e. The highest BCUT2D eigenvalue weighted by atomic mass is 79.9. The number of phenolic OH excluding ortho intramolecular Hbond substituents is 2. The van der Waals surface area contributed by atoms with E-state index >= 15 is 0 Å². The number of benzene rings is 2. The number of rotatable bonds is 2. The van der Waals surface area contributed by atoms with Crippen molar-refractivity contribution in [3.8, 4) is 11.5 Å². The molecule has 0 aromatic heterocycles. The van der Waals surface area contributed by atoms with Crippen molar-refractivity contribution in [2.45, 2.75) is 19.3 Å². The molecule has 2 N–H and O–H groups in total. The van der Waals surface area contributed by atoms with Crippen LogP contribution in [0.2, 0.25) is 0 Å². The zero-order valence-electron chi connectivity index (χ0n) is 10.4. The standard InChI is InChI=1S/C15H16O2.BrH/c1-15(2,11-3-7-13(16)8-4-11)12-5-9-14(17)10-6-12;/h3-10,16-17H,1-2H3;1H.